The molecule has 112 valence electrons. The number of carbonyl (C=O) groups is 1. The number of rotatable bonds is 5. The van der Waals surface area contributed by atoms with E-state index >= 15 is 0 Å². The van der Waals surface area contributed by atoms with Crippen LogP contribution >= 0.6 is 0 Å². The molecule has 0 bridgehead atoms. The largest absolute Gasteiger partial charge is 0.478 e. The van der Waals surface area contributed by atoms with E-state index in [1.54, 1.807) is 12.1 Å². The van der Waals surface area contributed by atoms with Crippen LogP contribution in [0.2, 0.25) is 0 Å². The fourth-order valence-corrected chi connectivity index (χ4v) is 2.92. The van der Waals surface area contributed by atoms with Gasteiger partial charge in [0.25, 0.3) is 10.0 Å². The van der Waals surface area contributed by atoms with E-state index in [4.69, 9.17) is 5.11 Å². The second-order valence-corrected chi connectivity index (χ2v) is 6.42. The summed E-state index contributed by atoms with van der Waals surface area (Å²) in [5.74, 6) is -1.03. The van der Waals surface area contributed by atoms with Gasteiger partial charge in [-0.05, 0) is 23.6 Å². The highest BCUT2D eigenvalue weighted by molar-refractivity contribution is 7.92. The van der Waals surface area contributed by atoms with E-state index in [-0.39, 0.29) is 0 Å². The number of nitrogens with one attached hydrogen (secondary N) is 2. The Morgan fingerprint density at radius 1 is 1.29 bits per heavy atom. The summed E-state index contributed by atoms with van der Waals surface area (Å²) in [4.78, 5) is 10.9. The van der Waals surface area contributed by atoms with Crippen LogP contribution in [0.1, 0.15) is 35.7 Å². The van der Waals surface area contributed by atoms with Crippen molar-refractivity contribution in [2.45, 2.75) is 24.8 Å². The first kappa shape index (κ1) is 15.0. The summed E-state index contributed by atoms with van der Waals surface area (Å²) in [7, 11) is -4.03. The molecular formula is C13H15N3O4S. The second kappa shape index (κ2) is 5.57. The van der Waals surface area contributed by atoms with Gasteiger partial charge in [0.05, 0.1) is 6.20 Å². The van der Waals surface area contributed by atoms with Gasteiger partial charge in [-0.15, -0.1) is 0 Å². The minimum absolute atomic E-state index is 0.335. The summed E-state index contributed by atoms with van der Waals surface area (Å²) in [6, 6.07) is 6.88. The molecule has 1 aromatic heterocycles. The zero-order valence-corrected chi connectivity index (χ0v) is 12.3. The molecule has 3 N–H and O–H groups in total. The number of anilines is 1. The maximum atomic E-state index is 12.2. The lowest BCUT2D eigenvalue weighted by atomic mass is 10.0. The first-order valence-corrected chi connectivity index (χ1v) is 7.69. The minimum atomic E-state index is -4.03. The normalized spacial score (nSPS) is 11.6. The summed E-state index contributed by atoms with van der Waals surface area (Å²) in [6.07, 6.45) is 0.957. The average Bonchev–Trinajstić information content (AvgIpc) is 2.89. The second-order valence-electron chi connectivity index (χ2n) is 4.80. The number of carboxylic acid groups (broad SMARTS) is 1. The molecule has 0 unspecified atom stereocenters. The third-order valence-electron chi connectivity index (χ3n) is 2.93. The molecule has 21 heavy (non-hydrogen) atoms. The molecule has 0 aliphatic carbocycles. The highest BCUT2D eigenvalue weighted by atomic mass is 32.2. The molecule has 0 aliphatic heterocycles. The lowest BCUT2D eigenvalue weighted by Gasteiger charge is -2.09. The SMILES string of the molecule is CC(C)c1ccc(NS(=O)(=O)c2[nH]ncc2C(=O)O)cc1. The van der Waals surface area contributed by atoms with Crippen LogP contribution in [0.4, 0.5) is 5.69 Å². The van der Waals surface area contributed by atoms with E-state index < -0.39 is 26.6 Å². The van der Waals surface area contributed by atoms with Gasteiger partial charge in [0.1, 0.15) is 5.56 Å². The molecule has 0 spiro atoms. The summed E-state index contributed by atoms with van der Waals surface area (Å²) in [5.41, 5.74) is 1.03. The minimum Gasteiger partial charge on any atom is -0.478 e. The van der Waals surface area contributed by atoms with Crippen LogP contribution in [-0.2, 0) is 10.0 Å². The highest BCUT2D eigenvalue weighted by Gasteiger charge is 2.24. The van der Waals surface area contributed by atoms with Crippen molar-refractivity contribution in [3.8, 4) is 0 Å². The standard InChI is InChI=1S/C13H15N3O4S/c1-8(2)9-3-5-10(6-4-9)16-21(19,20)12-11(13(17)18)7-14-15-12/h3-8,16H,1-2H3,(H,14,15)(H,17,18). The van der Waals surface area contributed by atoms with Crippen molar-refractivity contribution < 1.29 is 18.3 Å². The van der Waals surface area contributed by atoms with Gasteiger partial charge in [-0.2, -0.15) is 13.5 Å². The Balaban J connectivity index is 2.29. The average molecular weight is 309 g/mol. The van der Waals surface area contributed by atoms with Crippen molar-refractivity contribution >= 4 is 21.7 Å². The smallest absolute Gasteiger partial charge is 0.340 e. The molecule has 2 rings (SSSR count). The third-order valence-corrected chi connectivity index (χ3v) is 4.29. The van der Waals surface area contributed by atoms with Crippen LogP contribution in [0.3, 0.4) is 0 Å². The monoisotopic (exact) mass is 309 g/mol. The topological polar surface area (TPSA) is 112 Å². The Morgan fingerprint density at radius 2 is 1.90 bits per heavy atom. The molecule has 0 radical (unpaired) electrons. The molecule has 0 saturated heterocycles. The first-order valence-electron chi connectivity index (χ1n) is 6.20. The van der Waals surface area contributed by atoms with Gasteiger partial charge >= 0.3 is 5.97 Å². The van der Waals surface area contributed by atoms with Crippen molar-refractivity contribution in [3.05, 3.63) is 41.6 Å². The van der Waals surface area contributed by atoms with Gasteiger partial charge in [-0.25, -0.2) is 4.79 Å². The number of aromatic carboxylic acids is 1. The fourth-order valence-electron chi connectivity index (χ4n) is 1.77. The lowest BCUT2D eigenvalue weighted by molar-refractivity contribution is 0.0692. The van der Waals surface area contributed by atoms with Crippen LogP contribution in [0.25, 0.3) is 0 Å². The molecule has 0 aliphatic rings. The van der Waals surface area contributed by atoms with Crippen LogP contribution in [0.15, 0.2) is 35.5 Å². The predicted molar refractivity (Wildman–Crippen MR) is 76.9 cm³/mol. The Morgan fingerprint density at radius 3 is 2.43 bits per heavy atom. The van der Waals surface area contributed by atoms with Gasteiger partial charge in [0, 0.05) is 5.69 Å². The van der Waals surface area contributed by atoms with Crippen molar-refractivity contribution in [1.29, 1.82) is 0 Å². The lowest BCUT2D eigenvalue weighted by Crippen LogP contribution is -2.16. The van der Waals surface area contributed by atoms with Gasteiger partial charge in [-0.1, -0.05) is 26.0 Å². The Kier molecular flexibility index (Phi) is 3.99. The molecular weight excluding hydrogens is 294 g/mol. The maximum absolute atomic E-state index is 12.2. The number of H-pyrrole nitrogens is 1. The number of carboxylic acids is 1. The van der Waals surface area contributed by atoms with Gasteiger partial charge in [-0.3, -0.25) is 9.82 Å². The van der Waals surface area contributed by atoms with Crippen molar-refractivity contribution in [3.63, 3.8) is 0 Å². The highest BCUT2D eigenvalue weighted by Crippen LogP contribution is 2.20. The van der Waals surface area contributed by atoms with Gasteiger partial charge in [0.2, 0.25) is 0 Å². The van der Waals surface area contributed by atoms with Gasteiger partial charge in [0.15, 0.2) is 5.03 Å². The summed E-state index contributed by atoms with van der Waals surface area (Å²) in [6.45, 7) is 4.06. The first-order chi connectivity index (χ1) is 9.81. The number of benzene rings is 1. The van der Waals surface area contributed by atoms with E-state index in [0.29, 0.717) is 11.6 Å². The van der Waals surface area contributed by atoms with Crippen LogP contribution in [-0.4, -0.2) is 29.7 Å². The zero-order valence-electron chi connectivity index (χ0n) is 11.5. The van der Waals surface area contributed by atoms with Crippen LogP contribution < -0.4 is 4.72 Å². The van der Waals surface area contributed by atoms with E-state index in [1.807, 2.05) is 26.0 Å². The Bertz CT molecular complexity index is 748. The number of hydrogen-bond acceptors (Lipinski definition) is 4. The Labute approximate surface area is 122 Å². The number of sulfonamides is 1. The van der Waals surface area contributed by atoms with Crippen LogP contribution in [0.5, 0.6) is 0 Å². The Hall–Kier alpha value is -2.35. The van der Waals surface area contributed by atoms with Crippen LogP contribution in [0, 0.1) is 0 Å². The summed E-state index contributed by atoms with van der Waals surface area (Å²) >= 11 is 0. The molecule has 0 fully saturated rings. The molecule has 8 heteroatoms. The molecule has 1 heterocycles. The quantitative estimate of drug-likeness (QED) is 0.782. The molecule has 1 aromatic carbocycles. The van der Waals surface area contributed by atoms with Crippen molar-refractivity contribution in [2.75, 3.05) is 4.72 Å². The third kappa shape index (κ3) is 3.22. The van der Waals surface area contributed by atoms with E-state index in [1.165, 1.54) is 0 Å². The summed E-state index contributed by atoms with van der Waals surface area (Å²) < 4.78 is 26.6. The van der Waals surface area contributed by atoms with Crippen molar-refractivity contribution in [2.24, 2.45) is 0 Å². The fraction of sp³-hybridized carbons (Fsp3) is 0.231. The molecule has 7 nitrogen and oxygen atoms in total. The maximum Gasteiger partial charge on any atom is 0.340 e. The summed E-state index contributed by atoms with van der Waals surface area (Å²) in [5, 5.41) is 14.1. The molecule has 0 saturated carbocycles. The molecule has 0 atom stereocenters. The van der Waals surface area contributed by atoms with E-state index in [9.17, 15) is 13.2 Å². The number of aromatic nitrogens is 2. The van der Waals surface area contributed by atoms with E-state index in [2.05, 4.69) is 14.9 Å². The van der Waals surface area contributed by atoms with E-state index in [0.717, 1.165) is 11.8 Å². The number of aromatic amines is 1. The molecule has 0 amide bonds. The van der Waals surface area contributed by atoms with Crippen molar-refractivity contribution in [1.82, 2.24) is 10.2 Å². The predicted octanol–water partition coefficient (Wildman–Crippen LogP) is 2.03. The zero-order chi connectivity index (χ0) is 15.6. The van der Waals surface area contributed by atoms with Gasteiger partial charge < -0.3 is 5.11 Å². The molecule has 2 aromatic rings. The number of nitrogens with zero attached hydrogens (tertiary/aromatic N) is 1. The number of hydrogen-bond donors (Lipinski definition) is 3.